The Morgan fingerprint density at radius 2 is 1.77 bits per heavy atom. The Labute approximate surface area is 240 Å². The number of halogens is 4. The highest BCUT2D eigenvalue weighted by atomic mass is 35.5. The number of fused-ring (bicyclic) bond motifs is 1. The van der Waals surface area contributed by atoms with E-state index in [0.717, 1.165) is 44.6 Å². The zero-order valence-corrected chi connectivity index (χ0v) is 23.3. The van der Waals surface area contributed by atoms with Gasteiger partial charge < -0.3 is 25.0 Å². The normalized spacial score (nSPS) is 19.9. The van der Waals surface area contributed by atoms with E-state index in [0.29, 0.717) is 30.3 Å². The highest BCUT2D eigenvalue weighted by Gasteiger charge is 2.29. The summed E-state index contributed by atoms with van der Waals surface area (Å²) in [6.45, 7) is 1.05. The quantitative estimate of drug-likeness (QED) is 0.299. The standard InChI is InChI=1S/C29H31Cl2F2N3O4/c30-23-8-7-20(9-25(23)32)40-15-19(37)13-34-12-16-1-3-17(4-2-16)35-29(39)22-14-36(18-5-6-18)27-11-24(31)26(33)10-21(27)28(22)38/h7-11,14,16-19,34,37H,1-6,12-13,15H2,(H,35,39). The molecule has 3 aromatic rings. The number of hydrogen-bond acceptors (Lipinski definition) is 5. The average molecular weight is 594 g/mol. The summed E-state index contributed by atoms with van der Waals surface area (Å²) in [5, 5.41) is 16.5. The summed E-state index contributed by atoms with van der Waals surface area (Å²) < 4.78 is 35.0. The molecule has 0 aliphatic heterocycles. The van der Waals surface area contributed by atoms with Crippen LogP contribution in [0.4, 0.5) is 8.78 Å². The number of rotatable bonds is 10. The van der Waals surface area contributed by atoms with Crippen molar-refractivity contribution in [2.75, 3.05) is 19.7 Å². The summed E-state index contributed by atoms with van der Waals surface area (Å²) in [5.74, 6) is -1.02. The van der Waals surface area contributed by atoms with Gasteiger partial charge in [0.05, 0.1) is 15.6 Å². The van der Waals surface area contributed by atoms with Crippen molar-refractivity contribution in [3.8, 4) is 5.75 Å². The first kappa shape index (κ1) is 28.8. The molecule has 0 bridgehead atoms. The SMILES string of the molecule is O=C(NC1CCC(CNCC(O)COc2ccc(Cl)c(F)c2)CC1)c1cn(C2CC2)c2cc(Cl)c(F)cc2c1=O. The van der Waals surface area contributed by atoms with Crippen LogP contribution in [0.15, 0.2) is 41.3 Å². The van der Waals surface area contributed by atoms with Crippen molar-refractivity contribution in [3.63, 3.8) is 0 Å². The fourth-order valence-electron chi connectivity index (χ4n) is 5.21. The van der Waals surface area contributed by atoms with Crippen LogP contribution in [0.2, 0.25) is 10.0 Å². The number of nitrogens with zero attached hydrogens (tertiary/aromatic N) is 1. The minimum Gasteiger partial charge on any atom is -0.491 e. The average Bonchev–Trinajstić information content (AvgIpc) is 3.77. The van der Waals surface area contributed by atoms with Crippen LogP contribution in [0.3, 0.4) is 0 Å². The third-order valence-electron chi connectivity index (χ3n) is 7.59. The van der Waals surface area contributed by atoms with Crippen molar-refractivity contribution < 1.29 is 23.4 Å². The van der Waals surface area contributed by atoms with Gasteiger partial charge in [0.1, 0.15) is 35.7 Å². The number of aliphatic hydroxyl groups excluding tert-OH is 1. The largest absolute Gasteiger partial charge is 0.491 e. The Hall–Kier alpha value is -2.72. The summed E-state index contributed by atoms with van der Waals surface area (Å²) in [5.41, 5.74) is 0.0584. The number of benzene rings is 2. The van der Waals surface area contributed by atoms with Crippen LogP contribution < -0.4 is 20.8 Å². The molecule has 2 aliphatic carbocycles. The molecule has 11 heteroatoms. The van der Waals surface area contributed by atoms with Crippen LogP contribution in [0.25, 0.3) is 10.9 Å². The second-order valence-electron chi connectivity index (χ2n) is 10.7. The van der Waals surface area contributed by atoms with Gasteiger partial charge in [0, 0.05) is 36.3 Å². The molecule has 2 saturated carbocycles. The van der Waals surface area contributed by atoms with E-state index in [1.807, 2.05) is 4.57 Å². The maximum absolute atomic E-state index is 14.2. The van der Waals surface area contributed by atoms with Crippen LogP contribution >= 0.6 is 23.2 Å². The molecule has 3 N–H and O–H groups in total. The molecule has 2 aromatic carbocycles. The molecule has 7 nitrogen and oxygen atoms in total. The molecule has 2 aliphatic rings. The summed E-state index contributed by atoms with van der Waals surface area (Å²) >= 11 is 11.6. The van der Waals surface area contributed by atoms with E-state index < -0.39 is 29.1 Å². The van der Waals surface area contributed by atoms with Gasteiger partial charge >= 0.3 is 0 Å². The third-order valence-corrected chi connectivity index (χ3v) is 8.18. The van der Waals surface area contributed by atoms with Gasteiger partial charge in [-0.25, -0.2) is 8.78 Å². The van der Waals surface area contributed by atoms with Crippen molar-refractivity contribution in [1.82, 2.24) is 15.2 Å². The van der Waals surface area contributed by atoms with Gasteiger partial charge in [-0.3, -0.25) is 9.59 Å². The number of aromatic nitrogens is 1. The number of aliphatic hydroxyl groups is 1. The van der Waals surface area contributed by atoms with E-state index in [-0.39, 0.29) is 39.7 Å². The van der Waals surface area contributed by atoms with Crippen LogP contribution in [0, 0.1) is 17.6 Å². The first-order chi connectivity index (χ1) is 19.2. The van der Waals surface area contributed by atoms with Crippen molar-refractivity contribution >= 4 is 40.0 Å². The molecule has 1 atom stereocenters. The first-order valence-corrected chi connectivity index (χ1v) is 14.3. The lowest BCUT2D eigenvalue weighted by Crippen LogP contribution is -2.41. The molecule has 1 amide bonds. The van der Waals surface area contributed by atoms with E-state index in [1.54, 1.807) is 12.3 Å². The zero-order chi connectivity index (χ0) is 28.4. The summed E-state index contributed by atoms with van der Waals surface area (Å²) in [4.78, 5) is 26.2. The predicted molar refractivity (Wildman–Crippen MR) is 150 cm³/mol. The molecule has 0 spiro atoms. The van der Waals surface area contributed by atoms with Gasteiger partial charge in [0.25, 0.3) is 5.91 Å². The van der Waals surface area contributed by atoms with Gasteiger partial charge in [0.2, 0.25) is 5.43 Å². The van der Waals surface area contributed by atoms with Crippen LogP contribution in [-0.2, 0) is 0 Å². The first-order valence-electron chi connectivity index (χ1n) is 13.5. The maximum atomic E-state index is 14.2. The Kier molecular flexibility index (Phi) is 8.95. The van der Waals surface area contributed by atoms with Gasteiger partial charge in [-0.2, -0.15) is 0 Å². The van der Waals surface area contributed by atoms with Crippen molar-refractivity contribution in [1.29, 1.82) is 0 Å². The van der Waals surface area contributed by atoms with Gasteiger partial charge in [-0.1, -0.05) is 23.2 Å². The highest BCUT2D eigenvalue weighted by molar-refractivity contribution is 6.31. The topological polar surface area (TPSA) is 92.6 Å². The van der Waals surface area contributed by atoms with Crippen LogP contribution in [0.5, 0.6) is 5.75 Å². The molecule has 5 rings (SSSR count). The minimum absolute atomic E-state index is 0.0110. The van der Waals surface area contributed by atoms with Gasteiger partial charge in [-0.15, -0.1) is 0 Å². The Bertz CT molecular complexity index is 1460. The number of amides is 1. The fraction of sp³-hybridized carbons (Fsp3) is 0.448. The van der Waals surface area contributed by atoms with Crippen molar-refractivity contribution in [2.24, 2.45) is 5.92 Å². The second-order valence-corrected chi connectivity index (χ2v) is 11.5. The van der Waals surface area contributed by atoms with E-state index in [4.69, 9.17) is 27.9 Å². The number of carbonyl (C=O) groups is 1. The Morgan fingerprint density at radius 3 is 2.48 bits per heavy atom. The highest BCUT2D eigenvalue weighted by Crippen LogP contribution is 2.37. The molecule has 1 unspecified atom stereocenters. The molecule has 40 heavy (non-hydrogen) atoms. The molecule has 0 saturated heterocycles. The number of ether oxygens (including phenoxy) is 1. The van der Waals surface area contributed by atoms with E-state index in [2.05, 4.69) is 10.6 Å². The summed E-state index contributed by atoms with van der Waals surface area (Å²) in [7, 11) is 0. The second kappa shape index (κ2) is 12.4. The summed E-state index contributed by atoms with van der Waals surface area (Å²) in [6, 6.07) is 6.81. The number of nitrogens with one attached hydrogen (secondary N) is 2. The lowest BCUT2D eigenvalue weighted by Gasteiger charge is -2.29. The molecule has 0 radical (unpaired) electrons. The van der Waals surface area contributed by atoms with E-state index in [9.17, 15) is 23.5 Å². The van der Waals surface area contributed by atoms with Crippen LogP contribution in [0.1, 0.15) is 54.9 Å². The molecular formula is C29H31Cl2F2N3O4. The lowest BCUT2D eigenvalue weighted by atomic mass is 9.86. The maximum Gasteiger partial charge on any atom is 0.256 e. The monoisotopic (exact) mass is 593 g/mol. The van der Waals surface area contributed by atoms with Crippen molar-refractivity contribution in [3.05, 3.63) is 74.0 Å². The molecular weight excluding hydrogens is 563 g/mol. The number of hydrogen-bond donors (Lipinski definition) is 3. The van der Waals surface area contributed by atoms with Gasteiger partial charge in [0.15, 0.2) is 0 Å². The Balaban J connectivity index is 1.09. The molecule has 1 heterocycles. The van der Waals surface area contributed by atoms with E-state index in [1.165, 1.54) is 18.2 Å². The summed E-state index contributed by atoms with van der Waals surface area (Å²) in [6.07, 6.45) is 5.96. The third kappa shape index (κ3) is 6.77. The Morgan fingerprint density at radius 1 is 1.05 bits per heavy atom. The smallest absolute Gasteiger partial charge is 0.256 e. The predicted octanol–water partition coefficient (Wildman–Crippen LogP) is 5.24. The van der Waals surface area contributed by atoms with E-state index >= 15 is 0 Å². The van der Waals surface area contributed by atoms with Crippen LogP contribution in [-0.4, -0.2) is 47.4 Å². The van der Waals surface area contributed by atoms with Gasteiger partial charge in [-0.05, 0) is 75.3 Å². The molecule has 1 aromatic heterocycles. The lowest BCUT2D eigenvalue weighted by molar-refractivity contribution is 0.0916. The fourth-order valence-corrected chi connectivity index (χ4v) is 5.48. The molecule has 2 fully saturated rings. The van der Waals surface area contributed by atoms with Crippen molar-refractivity contribution in [2.45, 2.75) is 56.7 Å². The zero-order valence-electron chi connectivity index (χ0n) is 21.8. The molecule has 214 valence electrons. The minimum atomic E-state index is -0.763. The number of carbonyl (C=O) groups excluding carboxylic acids is 1. The number of pyridine rings is 1.